The zero-order valence-corrected chi connectivity index (χ0v) is 18.8. The molecule has 0 aliphatic heterocycles. The third-order valence-electron chi connectivity index (χ3n) is 4.74. The van der Waals surface area contributed by atoms with Crippen molar-refractivity contribution in [2.24, 2.45) is 0 Å². The van der Waals surface area contributed by atoms with Gasteiger partial charge in [-0.15, -0.1) is 22.7 Å². The van der Waals surface area contributed by atoms with Gasteiger partial charge in [0.05, 0.1) is 17.2 Å². The molecule has 1 atom stereocenters. The molecule has 1 unspecified atom stereocenters. The molecule has 9 heteroatoms. The zero-order chi connectivity index (χ0) is 22.2. The van der Waals surface area contributed by atoms with Gasteiger partial charge < -0.3 is 15.5 Å². The Balaban J connectivity index is 1.59. The number of thiophene rings is 1. The van der Waals surface area contributed by atoms with Crippen LogP contribution in [0.4, 0.5) is 10.8 Å². The number of hydrogen-bond acceptors (Lipinski definition) is 7. The number of rotatable bonds is 11. The van der Waals surface area contributed by atoms with Crippen molar-refractivity contribution >= 4 is 45.4 Å². The average molecular weight is 460 g/mol. The van der Waals surface area contributed by atoms with Gasteiger partial charge in [0.1, 0.15) is 5.92 Å². The first-order chi connectivity index (χ1) is 15.0. The number of carboxylic acid groups (broad SMARTS) is 1. The van der Waals surface area contributed by atoms with Gasteiger partial charge in [0.25, 0.3) is 5.91 Å². The Kier molecular flexibility index (Phi) is 8.16. The average Bonchev–Trinajstić information content (AvgIpc) is 3.41. The molecule has 0 saturated heterocycles. The first-order valence-electron chi connectivity index (χ1n) is 10.0. The molecular weight excluding hydrogens is 434 g/mol. The third-order valence-corrected chi connectivity index (χ3v) is 6.60. The summed E-state index contributed by atoms with van der Waals surface area (Å²) in [6.07, 6.45) is 3.33. The molecule has 2 heterocycles. The number of benzene rings is 1. The van der Waals surface area contributed by atoms with E-state index in [9.17, 15) is 14.7 Å². The van der Waals surface area contributed by atoms with Crippen molar-refractivity contribution in [1.82, 2.24) is 4.98 Å². The highest BCUT2D eigenvalue weighted by Gasteiger charge is 2.22. The van der Waals surface area contributed by atoms with Crippen molar-refractivity contribution in [3.05, 3.63) is 62.8 Å². The maximum Gasteiger partial charge on any atom is 0.314 e. The van der Waals surface area contributed by atoms with Crippen molar-refractivity contribution in [3.8, 4) is 0 Å². The van der Waals surface area contributed by atoms with Gasteiger partial charge in [-0.1, -0.05) is 31.5 Å². The first kappa shape index (κ1) is 22.9. The van der Waals surface area contributed by atoms with Crippen molar-refractivity contribution in [1.29, 1.82) is 0 Å². The van der Waals surface area contributed by atoms with E-state index in [1.807, 2.05) is 18.2 Å². The van der Waals surface area contributed by atoms with Gasteiger partial charge in [0, 0.05) is 22.5 Å². The molecule has 31 heavy (non-hydrogen) atoms. The van der Waals surface area contributed by atoms with Crippen molar-refractivity contribution in [2.75, 3.05) is 17.2 Å². The van der Waals surface area contributed by atoms with Gasteiger partial charge >= 0.3 is 5.97 Å². The number of carbonyl (C=O) groups is 2. The van der Waals surface area contributed by atoms with Crippen molar-refractivity contribution in [2.45, 2.75) is 38.6 Å². The number of anilines is 2. The number of carboxylic acids is 1. The molecule has 1 aromatic carbocycles. The molecule has 0 fully saturated rings. The van der Waals surface area contributed by atoms with E-state index in [0.29, 0.717) is 16.6 Å². The van der Waals surface area contributed by atoms with Crippen LogP contribution in [-0.2, 0) is 17.8 Å². The largest absolute Gasteiger partial charge is 0.481 e. The Bertz CT molecular complexity index is 1030. The second-order valence-corrected chi connectivity index (χ2v) is 9.01. The number of aliphatic hydroxyl groups is 1. The summed E-state index contributed by atoms with van der Waals surface area (Å²) in [4.78, 5) is 29.4. The Labute approximate surface area is 188 Å². The number of aryl methyl sites for hydroxylation is 1. The van der Waals surface area contributed by atoms with E-state index in [-0.39, 0.29) is 11.6 Å². The van der Waals surface area contributed by atoms with Crippen LogP contribution in [0, 0.1) is 0 Å². The maximum absolute atomic E-state index is 12.5. The zero-order valence-electron chi connectivity index (χ0n) is 17.1. The summed E-state index contributed by atoms with van der Waals surface area (Å²) >= 11 is 2.52. The number of aliphatic carboxylic acids is 1. The topological polar surface area (TPSA) is 112 Å². The van der Waals surface area contributed by atoms with Gasteiger partial charge in [-0.3, -0.25) is 14.9 Å². The van der Waals surface area contributed by atoms with Crippen LogP contribution in [0.3, 0.4) is 0 Å². The third kappa shape index (κ3) is 6.13. The van der Waals surface area contributed by atoms with Gasteiger partial charge in [0.2, 0.25) is 0 Å². The molecule has 0 saturated carbocycles. The van der Waals surface area contributed by atoms with Crippen LogP contribution in [0.2, 0.25) is 0 Å². The summed E-state index contributed by atoms with van der Waals surface area (Å²) in [5.74, 6) is -2.55. The highest BCUT2D eigenvalue weighted by atomic mass is 32.1. The van der Waals surface area contributed by atoms with Gasteiger partial charge in [-0.25, -0.2) is 4.98 Å². The number of thiazole rings is 1. The summed E-state index contributed by atoms with van der Waals surface area (Å²) in [6, 6.07) is 12.0. The Morgan fingerprint density at radius 3 is 2.74 bits per heavy atom. The highest BCUT2D eigenvalue weighted by molar-refractivity contribution is 7.15. The second kappa shape index (κ2) is 11.0. The lowest BCUT2D eigenvalue weighted by Crippen LogP contribution is -2.16. The number of hydrogen-bond donors (Lipinski definition) is 4. The molecule has 1 amide bonds. The summed E-state index contributed by atoms with van der Waals surface area (Å²) in [6.45, 7) is 2.26. The molecular formula is C22H25N3O4S2. The lowest BCUT2D eigenvalue weighted by molar-refractivity contribution is -0.139. The van der Waals surface area contributed by atoms with Crippen LogP contribution in [0.5, 0.6) is 0 Å². The maximum atomic E-state index is 12.5. The number of nitrogens with one attached hydrogen (secondary N) is 2. The Hall–Kier alpha value is -2.75. The Morgan fingerprint density at radius 2 is 2.00 bits per heavy atom. The quantitative estimate of drug-likeness (QED) is 0.334. The number of unbranched alkanes of at least 4 members (excludes halogenated alkanes) is 1. The van der Waals surface area contributed by atoms with E-state index >= 15 is 0 Å². The molecule has 2 aromatic heterocycles. The summed E-state index contributed by atoms with van der Waals surface area (Å²) in [5.41, 5.74) is 2.64. The van der Waals surface area contributed by atoms with Crippen molar-refractivity contribution < 1.29 is 19.8 Å². The minimum absolute atomic E-state index is 0.230. The van der Waals surface area contributed by atoms with E-state index in [1.165, 1.54) is 22.3 Å². The van der Waals surface area contributed by atoms with Gasteiger partial charge in [-0.05, 0) is 36.6 Å². The van der Waals surface area contributed by atoms with Crippen LogP contribution in [-0.4, -0.2) is 33.7 Å². The molecule has 7 nitrogen and oxygen atoms in total. The molecule has 3 aromatic rings. The molecule has 0 aliphatic rings. The van der Waals surface area contributed by atoms with E-state index in [4.69, 9.17) is 5.11 Å². The number of carbonyl (C=O) groups excluding carboxylic acids is 1. The Morgan fingerprint density at radius 1 is 1.19 bits per heavy atom. The van der Waals surface area contributed by atoms with E-state index < -0.39 is 18.5 Å². The fraction of sp³-hybridized carbons (Fsp3) is 0.318. The van der Waals surface area contributed by atoms with Crippen LogP contribution in [0.25, 0.3) is 0 Å². The fourth-order valence-electron chi connectivity index (χ4n) is 3.02. The van der Waals surface area contributed by atoms with E-state index in [0.717, 1.165) is 41.2 Å². The van der Waals surface area contributed by atoms with Crippen LogP contribution in [0.15, 0.2) is 41.8 Å². The molecule has 4 N–H and O–H groups in total. The van der Waals surface area contributed by atoms with Crippen LogP contribution < -0.4 is 10.6 Å². The minimum atomic E-state index is -1.16. The first-order valence-corrected chi connectivity index (χ1v) is 11.7. The number of amides is 1. The lowest BCUT2D eigenvalue weighted by Gasteiger charge is -2.11. The van der Waals surface area contributed by atoms with E-state index in [2.05, 4.69) is 34.7 Å². The number of aromatic nitrogens is 1. The lowest BCUT2D eigenvalue weighted by atomic mass is 10.1. The van der Waals surface area contributed by atoms with Crippen molar-refractivity contribution in [3.63, 3.8) is 0 Å². The summed E-state index contributed by atoms with van der Waals surface area (Å²) in [7, 11) is 0. The van der Waals surface area contributed by atoms with Gasteiger partial charge in [0.15, 0.2) is 5.13 Å². The van der Waals surface area contributed by atoms with E-state index in [1.54, 1.807) is 6.07 Å². The standard InChI is InChI=1S/C22H25N3O4S2/c1-2-3-6-14-7-4-5-8-17(14)23-11-15-9-10-19(31-15)20(27)25-22-24-18(13-30-22)16(12-26)21(28)29/h4-5,7-10,13,16,23,26H,2-3,6,11-12H2,1H3,(H,28,29)(H,24,25,27). The molecule has 0 radical (unpaired) electrons. The SMILES string of the molecule is CCCCc1ccccc1NCc1ccc(C(=O)Nc2nc(C(CO)C(=O)O)cs2)s1. The number of para-hydroxylation sites is 1. The second-order valence-electron chi connectivity index (χ2n) is 6.99. The summed E-state index contributed by atoms with van der Waals surface area (Å²) < 4.78 is 0. The number of aliphatic hydroxyl groups excluding tert-OH is 1. The normalized spacial score (nSPS) is 11.8. The highest BCUT2D eigenvalue weighted by Crippen LogP contribution is 2.25. The number of nitrogens with zero attached hydrogens (tertiary/aromatic N) is 1. The van der Waals surface area contributed by atoms with Crippen LogP contribution >= 0.6 is 22.7 Å². The molecule has 0 aliphatic carbocycles. The molecule has 0 bridgehead atoms. The van der Waals surface area contributed by atoms with Crippen LogP contribution in [0.1, 0.15) is 51.5 Å². The molecule has 164 valence electrons. The molecule has 0 spiro atoms. The predicted octanol–water partition coefficient (Wildman–Crippen LogP) is 4.57. The smallest absolute Gasteiger partial charge is 0.314 e. The monoisotopic (exact) mass is 459 g/mol. The predicted molar refractivity (Wildman–Crippen MR) is 124 cm³/mol. The fourth-order valence-corrected chi connectivity index (χ4v) is 4.62. The van der Waals surface area contributed by atoms with Gasteiger partial charge in [-0.2, -0.15) is 0 Å². The minimum Gasteiger partial charge on any atom is -0.481 e. The summed E-state index contributed by atoms with van der Waals surface area (Å²) in [5, 5.41) is 26.3. The molecule has 3 rings (SSSR count).